The van der Waals surface area contributed by atoms with Crippen molar-refractivity contribution >= 4 is 11.9 Å². The molecule has 2 heterocycles. The molecule has 1 aromatic rings. The second-order valence-electron chi connectivity index (χ2n) is 7.72. The van der Waals surface area contributed by atoms with Gasteiger partial charge in [0.15, 0.2) is 5.96 Å². The fourth-order valence-corrected chi connectivity index (χ4v) is 4.08. The van der Waals surface area contributed by atoms with Gasteiger partial charge in [0.05, 0.1) is 6.54 Å². The topological polar surface area (TPSA) is 66.0 Å². The number of nitrogens with zero attached hydrogens (tertiary/aromatic N) is 2. The van der Waals surface area contributed by atoms with Crippen molar-refractivity contribution in [3.8, 4) is 0 Å². The molecule has 0 atom stereocenters. The first-order chi connectivity index (χ1) is 13.7. The molecule has 2 saturated heterocycles. The Morgan fingerprint density at radius 3 is 2.68 bits per heavy atom. The molecule has 0 unspecified atom stereocenters. The van der Waals surface area contributed by atoms with E-state index in [9.17, 15) is 4.79 Å². The number of benzene rings is 1. The van der Waals surface area contributed by atoms with Crippen LogP contribution in [0.5, 0.6) is 0 Å². The number of carbonyl (C=O) groups excluding carboxylic acids is 1. The van der Waals surface area contributed by atoms with Crippen LogP contribution in [0.15, 0.2) is 35.3 Å². The Bertz CT molecular complexity index is 641. The largest absolute Gasteiger partial charge is 0.381 e. The molecule has 0 bridgehead atoms. The number of carbonyl (C=O) groups is 1. The van der Waals surface area contributed by atoms with Gasteiger partial charge in [0.1, 0.15) is 0 Å². The highest BCUT2D eigenvalue weighted by Gasteiger charge is 2.34. The van der Waals surface area contributed by atoms with Crippen molar-refractivity contribution in [1.82, 2.24) is 15.5 Å². The van der Waals surface area contributed by atoms with Gasteiger partial charge >= 0.3 is 0 Å². The van der Waals surface area contributed by atoms with E-state index in [2.05, 4.69) is 47.9 Å². The maximum absolute atomic E-state index is 11.7. The van der Waals surface area contributed by atoms with Crippen molar-refractivity contribution in [2.75, 3.05) is 45.9 Å². The standard InChI is InChI=1S/C22H34N4O2/c1-2-23-21(24-13-7-15-26-14-6-10-20(26)27)25-18-22(11-16-28-17-12-22)19-8-4-3-5-9-19/h3-5,8-9H,2,6-7,10-18H2,1H3,(H2,23,24,25). The Morgan fingerprint density at radius 2 is 2.00 bits per heavy atom. The quantitative estimate of drug-likeness (QED) is 0.409. The third-order valence-electron chi connectivity index (χ3n) is 5.79. The summed E-state index contributed by atoms with van der Waals surface area (Å²) >= 11 is 0. The monoisotopic (exact) mass is 386 g/mol. The Hall–Kier alpha value is -2.08. The second kappa shape index (κ2) is 10.5. The SMILES string of the molecule is CCNC(=NCC1(c2ccccc2)CCOCC1)NCCCN1CCCC1=O. The van der Waals surface area contributed by atoms with Crippen molar-refractivity contribution in [2.45, 2.75) is 44.4 Å². The van der Waals surface area contributed by atoms with E-state index < -0.39 is 0 Å². The Balaban J connectivity index is 1.57. The van der Waals surface area contributed by atoms with E-state index >= 15 is 0 Å². The van der Waals surface area contributed by atoms with E-state index in [4.69, 9.17) is 9.73 Å². The second-order valence-corrected chi connectivity index (χ2v) is 7.72. The van der Waals surface area contributed by atoms with E-state index in [1.54, 1.807) is 0 Å². The van der Waals surface area contributed by atoms with Crippen molar-refractivity contribution in [3.63, 3.8) is 0 Å². The third kappa shape index (κ3) is 5.47. The van der Waals surface area contributed by atoms with Crippen LogP contribution in [0.25, 0.3) is 0 Å². The number of hydrogen-bond donors (Lipinski definition) is 2. The van der Waals surface area contributed by atoms with Gasteiger partial charge in [-0.15, -0.1) is 0 Å². The molecular weight excluding hydrogens is 352 g/mol. The van der Waals surface area contributed by atoms with E-state index in [-0.39, 0.29) is 5.41 Å². The zero-order valence-electron chi connectivity index (χ0n) is 17.1. The lowest BCUT2D eigenvalue weighted by Gasteiger charge is -2.36. The summed E-state index contributed by atoms with van der Waals surface area (Å²) in [6.45, 7) is 7.80. The van der Waals surface area contributed by atoms with Crippen LogP contribution in [-0.4, -0.2) is 62.7 Å². The fourth-order valence-electron chi connectivity index (χ4n) is 4.08. The zero-order chi connectivity index (χ0) is 19.7. The average molecular weight is 387 g/mol. The summed E-state index contributed by atoms with van der Waals surface area (Å²) in [7, 11) is 0. The summed E-state index contributed by atoms with van der Waals surface area (Å²) in [5.74, 6) is 1.15. The summed E-state index contributed by atoms with van der Waals surface area (Å²) in [5, 5.41) is 6.79. The van der Waals surface area contributed by atoms with Crippen LogP contribution in [0.2, 0.25) is 0 Å². The number of amides is 1. The highest BCUT2D eigenvalue weighted by molar-refractivity contribution is 5.80. The molecular formula is C22H34N4O2. The smallest absolute Gasteiger partial charge is 0.222 e. The number of rotatable bonds is 8. The fraction of sp³-hybridized carbons (Fsp3) is 0.636. The summed E-state index contributed by atoms with van der Waals surface area (Å²) in [6.07, 6.45) is 4.65. The molecule has 2 aliphatic rings. The van der Waals surface area contributed by atoms with Crippen LogP contribution < -0.4 is 10.6 Å². The van der Waals surface area contributed by atoms with Gasteiger partial charge in [-0.05, 0) is 38.2 Å². The third-order valence-corrected chi connectivity index (χ3v) is 5.79. The van der Waals surface area contributed by atoms with Crippen LogP contribution in [0.3, 0.4) is 0 Å². The number of likely N-dealkylation sites (tertiary alicyclic amines) is 1. The number of aliphatic imine (C=N–C) groups is 1. The minimum atomic E-state index is 0.0455. The minimum absolute atomic E-state index is 0.0455. The van der Waals surface area contributed by atoms with Crippen molar-refractivity contribution in [2.24, 2.45) is 4.99 Å². The molecule has 154 valence electrons. The molecule has 0 saturated carbocycles. The predicted octanol–water partition coefficient (Wildman–Crippen LogP) is 2.30. The van der Waals surface area contributed by atoms with Gasteiger partial charge in [-0.3, -0.25) is 9.79 Å². The van der Waals surface area contributed by atoms with Gasteiger partial charge in [-0.25, -0.2) is 0 Å². The number of nitrogens with one attached hydrogen (secondary N) is 2. The molecule has 2 aliphatic heterocycles. The molecule has 0 radical (unpaired) electrons. The number of hydrogen-bond acceptors (Lipinski definition) is 3. The predicted molar refractivity (Wildman–Crippen MR) is 113 cm³/mol. The highest BCUT2D eigenvalue weighted by atomic mass is 16.5. The van der Waals surface area contributed by atoms with Gasteiger partial charge in [-0.1, -0.05) is 30.3 Å². The molecule has 2 fully saturated rings. The lowest BCUT2D eigenvalue weighted by Crippen LogP contribution is -2.42. The normalized spacial score (nSPS) is 19.7. The van der Waals surface area contributed by atoms with Gasteiger partial charge < -0.3 is 20.3 Å². The first-order valence-electron chi connectivity index (χ1n) is 10.7. The summed E-state index contributed by atoms with van der Waals surface area (Å²) in [4.78, 5) is 18.6. The van der Waals surface area contributed by atoms with Gasteiger partial charge in [-0.2, -0.15) is 0 Å². The Labute approximate surface area is 168 Å². The molecule has 0 aliphatic carbocycles. The van der Waals surface area contributed by atoms with Crippen molar-refractivity contribution < 1.29 is 9.53 Å². The van der Waals surface area contributed by atoms with Crippen LogP contribution in [-0.2, 0) is 14.9 Å². The van der Waals surface area contributed by atoms with Gasteiger partial charge in [0.2, 0.25) is 5.91 Å². The van der Waals surface area contributed by atoms with E-state index in [1.165, 1.54) is 5.56 Å². The van der Waals surface area contributed by atoms with Crippen LogP contribution in [0.1, 0.15) is 44.6 Å². The maximum Gasteiger partial charge on any atom is 0.222 e. The van der Waals surface area contributed by atoms with Crippen LogP contribution in [0.4, 0.5) is 0 Å². The summed E-state index contributed by atoms with van der Waals surface area (Å²) in [5.41, 5.74) is 1.40. The number of guanidine groups is 1. The molecule has 0 aromatic heterocycles. The molecule has 0 spiro atoms. The highest BCUT2D eigenvalue weighted by Crippen LogP contribution is 2.35. The van der Waals surface area contributed by atoms with Crippen LogP contribution in [0, 0.1) is 0 Å². The molecule has 6 nitrogen and oxygen atoms in total. The average Bonchev–Trinajstić information content (AvgIpc) is 3.15. The van der Waals surface area contributed by atoms with Gasteiger partial charge in [0.25, 0.3) is 0 Å². The minimum Gasteiger partial charge on any atom is -0.381 e. The van der Waals surface area contributed by atoms with E-state index in [0.29, 0.717) is 12.3 Å². The lowest BCUT2D eigenvalue weighted by molar-refractivity contribution is -0.127. The molecule has 2 N–H and O–H groups in total. The molecule has 28 heavy (non-hydrogen) atoms. The summed E-state index contributed by atoms with van der Waals surface area (Å²) in [6, 6.07) is 10.7. The summed E-state index contributed by atoms with van der Waals surface area (Å²) < 4.78 is 5.63. The molecule has 1 amide bonds. The maximum atomic E-state index is 11.7. The van der Waals surface area contributed by atoms with E-state index in [0.717, 1.165) is 77.6 Å². The molecule has 6 heteroatoms. The van der Waals surface area contributed by atoms with Crippen molar-refractivity contribution in [1.29, 1.82) is 0 Å². The Kier molecular flexibility index (Phi) is 7.71. The molecule has 1 aromatic carbocycles. The Morgan fingerprint density at radius 1 is 1.21 bits per heavy atom. The lowest BCUT2D eigenvalue weighted by atomic mass is 9.74. The van der Waals surface area contributed by atoms with Crippen LogP contribution >= 0.6 is 0 Å². The van der Waals surface area contributed by atoms with Crippen molar-refractivity contribution in [3.05, 3.63) is 35.9 Å². The van der Waals surface area contributed by atoms with Gasteiger partial charge in [0, 0.05) is 51.2 Å². The van der Waals surface area contributed by atoms with E-state index in [1.807, 2.05) is 4.90 Å². The first kappa shape index (κ1) is 20.6. The zero-order valence-corrected chi connectivity index (χ0v) is 17.1. The number of ether oxygens (including phenoxy) is 1. The first-order valence-corrected chi connectivity index (χ1v) is 10.7. The molecule has 3 rings (SSSR count).